The van der Waals surface area contributed by atoms with Gasteiger partial charge in [0.05, 0.1) is 0 Å². The van der Waals surface area contributed by atoms with Crippen molar-refractivity contribution in [3.8, 4) is 44.5 Å². The fourth-order valence-corrected chi connectivity index (χ4v) is 9.19. The van der Waals surface area contributed by atoms with E-state index < -0.39 is 11.6 Å². The van der Waals surface area contributed by atoms with Crippen molar-refractivity contribution in [3.05, 3.63) is 155 Å². The maximum Gasteiger partial charge on any atom is 0.131 e. The molecule has 0 bridgehead atoms. The Hall–Kier alpha value is -6.00. The summed E-state index contributed by atoms with van der Waals surface area (Å²) >= 11 is 0. The van der Waals surface area contributed by atoms with Crippen LogP contribution in [0.25, 0.3) is 88.1 Å². The van der Waals surface area contributed by atoms with Crippen LogP contribution in [-0.2, 0) is 13.1 Å². The molecule has 2 heterocycles. The Morgan fingerprint density at radius 2 is 0.741 bits per heavy atom. The van der Waals surface area contributed by atoms with Crippen LogP contribution in [0.3, 0.4) is 0 Å². The van der Waals surface area contributed by atoms with Crippen LogP contribution in [0.4, 0.5) is 8.78 Å². The molecule has 9 rings (SSSR count). The molecule has 0 amide bonds. The van der Waals surface area contributed by atoms with Gasteiger partial charge in [-0.3, -0.25) is 0 Å². The van der Waals surface area contributed by atoms with Crippen molar-refractivity contribution in [2.75, 3.05) is 0 Å². The molecule has 0 saturated carbocycles. The van der Waals surface area contributed by atoms with Crippen molar-refractivity contribution in [1.82, 2.24) is 9.13 Å². The van der Waals surface area contributed by atoms with Crippen LogP contribution >= 0.6 is 0 Å². The van der Waals surface area contributed by atoms with Crippen molar-refractivity contribution in [2.45, 2.75) is 54.6 Å². The van der Waals surface area contributed by atoms with E-state index in [9.17, 15) is 0 Å². The number of aromatic nitrogens is 2. The van der Waals surface area contributed by atoms with Crippen LogP contribution in [0, 0.1) is 39.3 Å². The standard InChI is InChI=1S/C50H42F2N2/c1-7-53-45-15-11-9-13-37(45)39-25-33(17-19-47(39)53)35-21-29(3)49(30(4)22-35)41-27-44(52)42(28-43(41)51)50-31(5)23-36(24-32(50)6)34-18-20-48-40(26-34)38-14-10-12-16-46(38)54(48)8-2/h9-28H,7-8H2,1-6H3. The monoisotopic (exact) mass is 708 g/mol. The lowest BCUT2D eigenvalue weighted by Crippen LogP contribution is -1.99. The topological polar surface area (TPSA) is 9.86 Å². The van der Waals surface area contributed by atoms with Gasteiger partial charge in [-0.25, -0.2) is 8.78 Å². The molecule has 2 nitrogen and oxygen atoms in total. The number of para-hydroxylation sites is 2. The van der Waals surface area contributed by atoms with Gasteiger partial charge in [-0.1, -0.05) is 72.8 Å². The van der Waals surface area contributed by atoms with Crippen LogP contribution in [-0.4, -0.2) is 9.13 Å². The lowest BCUT2D eigenvalue weighted by molar-refractivity contribution is 0.606. The van der Waals surface area contributed by atoms with Crippen molar-refractivity contribution in [2.24, 2.45) is 0 Å². The Morgan fingerprint density at radius 1 is 0.389 bits per heavy atom. The highest BCUT2D eigenvalue weighted by Gasteiger charge is 2.21. The maximum absolute atomic E-state index is 16.3. The minimum absolute atomic E-state index is 0.283. The van der Waals surface area contributed by atoms with Gasteiger partial charge in [-0.2, -0.15) is 0 Å². The van der Waals surface area contributed by atoms with E-state index in [1.165, 1.54) is 55.7 Å². The number of hydrogen-bond acceptors (Lipinski definition) is 0. The predicted octanol–water partition coefficient (Wildman–Crippen LogP) is 14.1. The number of fused-ring (bicyclic) bond motifs is 6. The second-order valence-electron chi connectivity index (χ2n) is 14.8. The fraction of sp³-hybridized carbons (Fsp3) is 0.160. The number of benzene rings is 7. The molecule has 54 heavy (non-hydrogen) atoms. The number of nitrogens with zero attached hydrogens (tertiary/aromatic N) is 2. The summed E-state index contributed by atoms with van der Waals surface area (Å²) in [5.74, 6) is -0.862. The third-order valence-electron chi connectivity index (χ3n) is 11.5. The molecule has 9 aromatic rings. The molecular formula is C50H42F2N2. The molecule has 0 aliphatic heterocycles. The van der Waals surface area contributed by atoms with E-state index in [-0.39, 0.29) is 11.1 Å². The number of halogens is 2. The van der Waals surface area contributed by atoms with Gasteiger partial charge in [-0.15, -0.1) is 0 Å². The normalized spacial score (nSPS) is 11.9. The maximum atomic E-state index is 16.3. The van der Waals surface area contributed by atoms with Gasteiger partial charge >= 0.3 is 0 Å². The molecule has 0 radical (unpaired) electrons. The lowest BCUT2D eigenvalue weighted by atomic mass is 9.87. The number of rotatable bonds is 6. The average molecular weight is 709 g/mol. The number of hydrogen-bond donors (Lipinski definition) is 0. The first-order valence-corrected chi connectivity index (χ1v) is 18.9. The summed E-state index contributed by atoms with van der Waals surface area (Å²) in [5, 5.41) is 4.90. The summed E-state index contributed by atoms with van der Waals surface area (Å²) in [5.41, 5.74) is 14.8. The van der Waals surface area contributed by atoms with Crippen LogP contribution in [0.1, 0.15) is 36.1 Å². The summed E-state index contributed by atoms with van der Waals surface area (Å²) < 4.78 is 37.3. The smallest absolute Gasteiger partial charge is 0.131 e. The second-order valence-corrected chi connectivity index (χ2v) is 14.8. The van der Waals surface area contributed by atoms with Gasteiger partial charge < -0.3 is 9.13 Å². The van der Waals surface area contributed by atoms with Gasteiger partial charge in [0.1, 0.15) is 11.6 Å². The first-order valence-electron chi connectivity index (χ1n) is 18.9. The Labute approximate surface area is 314 Å². The van der Waals surface area contributed by atoms with Crippen LogP contribution < -0.4 is 0 Å². The Kier molecular flexibility index (Phi) is 8.04. The molecule has 0 unspecified atom stereocenters. The third kappa shape index (κ3) is 5.19. The molecule has 0 saturated heterocycles. The van der Waals surface area contributed by atoms with Crippen LogP contribution in [0.15, 0.2) is 121 Å². The van der Waals surface area contributed by atoms with Gasteiger partial charge in [0, 0.05) is 67.8 Å². The average Bonchev–Trinajstić information content (AvgIpc) is 3.67. The molecule has 0 aliphatic rings. The largest absolute Gasteiger partial charge is 0.341 e. The summed E-state index contributed by atoms with van der Waals surface area (Å²) in [4.78, 5) is 0. The molecule has 0 spiro atoms. The Morgan fingerprint density at radius 3 is 1.11 bits per heavy atom. The summed E-state index contributed by atoms with van der Waals surface area (Å²) in [7, 11) is 0. The van der Waals surface area contributed by atoms with Gasteiger partial charge in [-0.05, 0) is 146 Å². The fourth-order valence-electron chi connectivity index (χ4n) is 9.19. The Balaban J connectivity index is 1.07. The zero-order valence-corrected chi connectivity index (χ0v) is 31.6. The van der Waals surface area contributed by atoms with E-state index in [1.54, 1.807) is 0 Å². The van der Waals surface area contributed by atoms with Crippen molar-refractivity contribution >= 4 is 43.6 Å². The first-order chi connectivity index (χ1) is 26.2. The molecule has 0 aliphatic carbocycles. The first kappa shape index (κ1) is 33.8. The molecule has 0 fully saturated rings. The minimum atomic E-state index is -0.431. The predicted molar refractivity (Wildman–Crippen MR) is 224 cm³/mol. The molecule has 0 N–H and O–H groups in total. The molecule has 0 atom stereocenters. The molecule has 7 aromatic carbocycles. The quantitative estimate of drug-likeness (QED) is 0.163. The second kappa shape index (κ2) is 12.8. The van der Waals surface area contributed by atoms with E-state index in [4.69, 9.17) is 0 Å². The highest BCUT2D eigenvalue weighted by molar-refractivity contribution is 6.10. The van der Waals surface area contributed by atoms with Gasteiger partial charge in [0.25, 0.3) is 0 Å². The van der Waals surface area contributed by atoms with E-state index in [0.717, 1.165) is 68.7 Å². The summed E-state index contributed by atoms with van der Waals surface area (Å²) in [6.45, 7) is 14.1. The van der Waals surface area contributed by atoms with Crippen molar-refractivity contribution < 1.29 is 8.78 Å². The molecule has 266 valence electrons. The highest BCUT2D eigenvalue weighted by Crippen LogP contribution is 2.41. The molecular weight excluding hydrogens is 667 g/mol. The number of aryl methyl sites for hydroxylation is 6. The van der Waals surface area contributed by atoms with Gasteiger partial charge in [0.2, 0.25) is 0 Å². The zero-order valence-electron chi connectivity index (χ0n) is 31.6. The zero-order chi connectivity index (χ0) is 37.4. The third-order valence-corrected chi connectivity index (χ3v) is 11.5. The van der Waals surface area contributed by atoms with E-state index in [0.29, 0.717) is 0 Å². The summed E-state index contributed by atoms with van der Waals surface area (Å²) in [6, 6.07) is 41.4. The van der Waals surface area contributed by atoms with Crippen LogP contribution in [0.5, 0.6) is 0 Å². The SMILES string of the molecule is CCn1c2ccccc2c2cc(-c3cc(C)c(-c4cc(F)c(-c5c(C)cc(-c6ccc7c(c6)c6ccccc6n7CC)cc5C)cc4F)c(C)c3)ccc21. The van der Waals surface area contributed by atoms with E-state index >= 15 is 8.78 Å². The molecule has 4 heteroatoms. The molecule has 2 aromatic heterocycles. The van der Waals surface area contributed by atoms with Crippen molar-refractivity contribution in [3.63, 3.8) is 0 Å². The minimum Gasteiger partial charge on any atom is -0.341 e. The van der Waals surface area contributed by atoms with Gasteiger partial charge in [0.15, 0.2) is 0 Å². The van der Waals surface area contributed by atoms with E-state index in [1.807, 2.05) is 27.7 Å². The van der Waals surface area contributed by atoms with Crippen molar-refractivity contribution in [1.29, 1.82) is 0 Å². The Bertz CT molecular complexity index is 2730. The van der Waals surface area contributed by atoms with E-state index in [2.05, 4.69) is 132 Å². The highest BCUT2D eigenvalue weighted by atomic mass is 19.1. The van der Waals surface area contributed by atoms with Crippen LogP contribution in [0.2, 0.25) is 0 Å². The summed E-state index contributed by atoms with van der Waals surface area (Å²) in [6.07, 6.45) is 0. The lowest BCUT2D eigenvalue weighted by Gasteiger charge is -2.18.